The third-order valence-corrected chi connectivity index (χ3v) is 12.4. The first-order valence-electron chi connectivity index (χ1n) is 26.4. The maximum absolute atomic E-state index is 12.7. The molecule has 2 unspecified atom stereocenters. The third-order valence-electron chi connectivity index (χ3n) is 11.4. The first-order chi connectivity index (χ1) is 30.6. The van der Waals surface area contributed by atoms with E-state index in [-0.39, 0.29) is 25.8 Å². The summed E-state index contributed by atoms with van der Waals surface area (Å²) in [5, 5.41) is 0. The molecule has 370 valence electrons. The molecule has 63 heavy (non-hydrogen) atoms. The fourth-order valence-electron chi connectivity index (χ4n) is 7.36. The average Bonchev–Trinajstić information content (AvgIpc) is 3.24. The monoisotopic (exact) mass is 908 g/mol. The second-order valence-electron chi connectivity index (χ2n) is 18.9. The predicted octanol–water partition coefficient (Wildman–Crippen LogP) is 15.7. The third kappa shape index (κ3) is 51.3. The highest BCUT2D eigenvalue weighted by molar-refractivity contribution is 7.45. The molecule has 0 spiro atoms. The van der Waals surface area contributed by atoms with Crippen LogP contribution in [-0.4, -0.2) is 70.7 Å². The van der Waals surface area contributed by atoms with Gasteiger partial charge < -0.3 is 27.9 Å². The van der Waals surface area contributed by atoms with Crippen LogP contribution in [0, 0.1) is 0 Å². The van der Waals surface area contributed by atoms with Gasteiger partial charge in [-0.05, 0) is 51.4 Å². The number of hydrogen-bond acceptors (Lipinski definition) is 7. The molecule has 0 bridgehead atoms. The Kier molecular flexibility index (Phi) is 45.8. The van der Waals surface area contributed by atoms with Crippen molar-refractivity contribution in [3.05, 3.63) is 48.6 Å². The molecule has 0 heterocycles. The summed E-state index contributed by atoms with van der Waals surface area (Å²) in [7, 11) is 1.36. The van der Waals surface area contributed by atoms with E-state index in [1.807, 2.05) is 21.1 Å². The quantitative estimate of drug-likeness (QED) is 0.0197. The maximum atomic E-state index is 12.7. The lowest BCUT2D eigenvalue weighted by atomic mass is 10.0. The molecular formula is C54H102NO7P. The molecule has 9 heteroatoms. The number of phosphoric ester groups is 1. The van der Waals surface area contributed by atoms with Crippen LogP contribution >= 0.6 is 7.82 Å². The molecule has 0 aromatic rings. The Labute approximate surface area is 390 Å². The standard InChI is InChI=1S/C54H102NO7P/c1-6-8-10-12-14-16-18-20-22-23-24-25-26-27-28-29-30-31-32-34-36-38-40-42-44-46-49-59-51-53(52-61-63(57,58)60-50-48-55(3,4)5)62-54(56)47-45-43-41-39-37-35-33-21-19-17-15-13-11-9-7-2/h8,10,14,16,20,22,24-25,53H,6-7,9,11-13,15,17-19,21,23,26-52H2,1-5H3/b10-8-,16-14-,22-20-,25-24-. The van der Waals surface area contributed by atoms with Crippen molar-refractivity contribution in [2.45, 2.75) is 238 Å². The van der Waals surface area contributed by atoms with Gasteiger partial charge in [0.15, 0.2) is 0 Å². The van der Waals surface area contributed by atoms with Crippen molar-refractivity contribution < 1.29 is 37.3 Å². The molecule has 0 N–H and O–H groups in total. The zero-order valence-electron chi connectivity index (χ0n) is 42.0. The molecular weight excluding hydrogens is 806 g/mol. The molecule has 0 aliphatic carbocycles. The van der Waals surface area contributed by atoms with Gasteiger partial charge in [0, 0.05) is 13.0 Å². The van der Waals surface area contributed by atoms with Crippen LogP contribution in [-0.2, 0) is 27.9 Å². The van der Waals surface area contributed by atoms with Crippen molar-refractivity contribution in [1.82, 2.24) is 0 Å². The number of nitrogens with zero attached hydrogens (tertiary/aromatic N) is 1. The van der Waals surface area contributed by atoms with Crippen LogP contribution in [0.1, 0.15) is 232 Å². The minimum absolute atomic E-state index is 0.0268. The minimum atomic E-state index is -4.53. The second-order valence-corrected chi connectivity index (χ2v) is 20.3. The topological polar surface area (TPSA) is 94.1 Å². The molecule has 0 rings (SSSR count). The SMILES string of the molecule is CC/C=C\C/C=C\C/C=C\C/C=C\CCCCCCCCCCCCCCCOCC(COP(=O)([O-])OCC[N+](C)(C)C)OC(=O)CCCCCCCCCCCCCCCCC. The normalized spacial score (nSPS) is 13.9. The van der Waals surface area contributed by atoms with Gasteiger partial charge in [-0.2, -0.15) is 0 Å². The van der Waals surface area contributed by atoms with Gasteiger partial charge in [0.05, 0.1) is 34.4 Å². The zero-order chi connectivity index (χ0) is 46.2. The van der Waals surface area contributed by atoms with Crippen molar-refractivity contribution in [1.29, 1.82) is 0 Å². The maximum Gasteiger partial charge on any atom is 0.306 e. The number of esters is 1. The smallest absolute Gasteiger partial charge is 0.306 e. The summed E-state index contributed by atoms with van der Waals surface area (Å²) in [5.74, 6) is -0.331. The van der Waals surface area contributed by atoms with Gasteiger partial charge in [-0.15, -0.1) is 0 Å². The first-order valence-corrected chi connectivity index (χ1v) is 27.8. The van der Waals surface area contributed by atoms with Gasteiger partial charge in [-0.3, -0.25) is 9.36 Å². The van der Waals surface area contributed by atoms with Gasteiger partial charge in [0.2, 0.25) is 0 Å². The molecule has 0 saturated heterocycles. The number of hydrogen-bond donors (Lipinski definition) is 0. The second kappa shape index (κ2) is 47.0. The highest BCUT2D eigenvalue weighted by Gasteiger charge is 2.20. The fraction of sp³-hybridized carbons (Fsp3) is 0.833. The van der Waals surface area contributed by atoms with E-state index in [1.54, 1.807) is 0 Å². The number of likely N-dealkylation sites (N-methyl/N-ethyl adjacent to an activating group) is 1. The molecule has 2 atom stereocenters. The Morgan fingerprint density at radius 3 is 1.38 bits per heavy atom. The van der Waals surface area contributed by atoms with Crippen LogP contribution in [0.3, 0.4) is 0 Å². The Hall–Kier alpha value is -1.54. The molecule has 0 radical (unpaired) electrons. The fourth-order valence-corrected chi connectivity index (χ4v) is 8.09. The van der Waals surface area contributed by atoms with Gasteiger partial charge >= 0.3 is 5.97 Å². The first kappa shape index (κ1) is 61.5. The summed E-state index contributed by atoms with van der Waals surface area (Å²) < 4.78 is 34.8. The van der Waals surface area contributed by atoms with E-state index in [4.69, 9.17) is 18.5 Å². The van der Waals surface area contributed by atoms with Crippen LogP contribution in [0.5, 0.6) is 0 Å². The number of ether oxygens (including phenoxy) is 2. The number of rotatable bonds is 49. The van der Waals surface area contributed by atoms with Crippen molar-refractivity contribution in [3.8, 4) is 0 Å². The van der Waals surface area contributed by atoms with E-state index in [9.17, 15) is 14.3 Å². The number of allylic oxidation sites excluding steroid dienone is 8. The summed E-state index contributed by atoms with van der Waals surface area (Å²) in [6, 6.07) is 0. The molecule has 0 aromatic carbocycles. The summed E-state index contributed by atoms with van der Waals surface area (Å²) in [6.45, 7) is 5.33. The zero-order valence-corrected chi connectivity index (χ0v) is 42.9. The molecule has 0 aromatic heterocycles. The molecule has 0 amide bonds. The average molecular weight is 908 g/mol. The Bertz CT molecular complexity index is 1150. The minimum Gasteiger partial charge on any atom is -0.756 e. The van der Waals surface area contributed by atoms with Crippen molar-refractivity contribution in [2.75, 3.05) is 54.1 Å². The lowest BCUT2D eigenvalue weighted by Crippen LogP contribution is -2.37. The largest absolute Gasteiger partial charge is 0.756 e. The Balaban J connectivity index is 4.06. The van der Waals surface area contributed by atoms with Crippen LogP contribution in [0.15, 0.2) is 48.6 Å². The molecule has 0 saturated carbocycles. The van der Waals surface area contributed by atoms with Crippen LogP contribution < -0.4 is 4.89 Å². The summed E-state index contributed by atoms with van der Waals surface area (Å²) in [4.78, 5) is 25.2. The summed E-state index contributed by atoms with van der Waals surface area (Å²) in [6.07, 6.45) is 58.5. The van der Waals surface area contributed by atoms with Gasteiger partial charge in [0.25, 0.3) is 7.82 Å². The highest BCUT2D eigenvalue weighted by Crippen LogP contribution is 2.38. The van der Waals surface area contributed by atoms with E-state index < -0.39 is 13.9 Å². The van der Waals surface area contributed by atoms with E-state index in [2.05, 4.69) is 62.5 Å². The van der Waals surface area contributed by atoms with Gasteiger partial charge in [-0.1, -0.05) is 223 Å². The lowest BCUT2D eigenvalue weighted by molar-refractivity contribution is -0.870. The van der Waals surface area contributed by atoms with Gasteiger partial charge in [0.1, 0.15) is 19.3 Å². The van der Waals surface area contributed by atoms with Crippen molar-refractivity contribution in [2.24, 2.45) is 0 Å². The number of carbonyl (C=O) groups excluding carboxylic acids is 1. The number of quaternary nitrogens is 1. The number of phosphoric acid groups is 1. The molecule has 0 aliphatic rings. The van der Waals surface area contributed by atoms with Crippen molar-refractivity contribution in [3.63, 3.8) is 0 Å². The molecule has 0 fully saturated rings. The van der Waals surface area contributed by atoms with E-state index in [1.165, 1.54) is 154 Å². The number of unbranched alkanes of at least 4 members (excludes halogenated alkanes) is 27. The van der Waals surface area contributed by atoms with Crippen molar-refractivity contribution >= 4 is 13.8 Å². The highest BCUT2D eigenvalue weighted by atomic mass is 31.2. The van der Waals surface area contributed by atoms with Crippen LogP contribution in [0.25, 0.3) is 0 Å². The lowest BCUT2D eigenvalue weighted by Gasteiger charge is -2.28. The van der Waals surface area contributed by atoms with E-state index in [0.29, 0.717) is 24.1 Å². The predicted molar refractivity (Wildman–Crippen MR) is 268 cm³/mol. The summed E-state index contributed by atoms with van der Waals surface area (Å²) >= 11 is 0. The van der Waals surface area contributed by atoms with Crippen LogP contribution in [0.4, 0.5) is 0 Å². The number of carbonyl (C=O) groups is 1. The molecule has 0 aliphatic heterocycles. The summed E-state index contributed by atoms with van der Waals surface area (Å²) in [5.41, 5.74) is 0. The Morgan fingerprint density at radius 2 is 0.921 bits per heavy atom. The Morgan fingerprint density at radius 1 is 0.508 bits per heavy atom. The van der Waals surface area contributed by atoms with E-state index in [0.717, 1.165) is 57.8 Å². The van der Waals surface area contributed by atoms with E-state index >= 15 is 0 Å². The molecule has 8 nitrogen and oxygen atoms in total. The van der Waals surface area contributed by atoms with Gasteiger partial charge in [-0.25, -0.2) is 0 Å². The van der Waals surface area contributed by atoms with Crippen LogP contribution in [0.2, 0.25) is 0 Å².